The van der Waals surface area contributed by atoms with Gasteiger partial charge in [0.05, 0.1) is 31.3 Å². The molecule has 1 N–H and O–H groups in total. The molecule has 0 spiro atoms. The van der Waals surface area contributed by atoms with Crippen LogP contribution >= 0.6 is 0 Å². The molecule has 0 unspecified atom stereocenters. The fourth-order valence-electron chi connectivity index (χ4n) is 3.90. The lowest BCUT2D eigenvalue weighted by molar-refractivity contribution is 0.0949. The Bertz CT molecular complexity index is 1210. The first-order valence-corrected chi connectivity index (χ1v) is 11.8. The summed E-state index contributed by atoms with van der Waals surface area (Å²) < 4.78 is 13.3. The van der Waals surface area contributed by atoms with Crippen LogP contribution in [-0.2, 0) is 19.5 Å². The maximum atomic E-state index is 12.6. The van der Waals surface area contributed by atoms with Gasteiger partial charge in [0, 0.05) is 12.1 Å². The van der Waals surface area contributed by atoms with Gasteiger partial charge in [0.1, 0.15) is 17.3 Å². The fraction of sp³-hybridized carbons (Fsp3) is 0.286. The molecule has 1 amide bonds. The van der Waals surface area contributed by atoms with Gasteiger partial charge in [-0.15, -0.1) is 0 Å². The monoisotopic (exact) mass is 457 g/mol. The van der Waals surface area contributed by atoms with Crippen LogP contribution in [0.1, 0.15) is 41.5 Å². The zero-order chi connectivity index (χ0) is 23.8. The molecule has 1 aromatic heterocycles. The van der Waals surface area contributed by atoms with Crippen LogP contribution in [0.25, 0.3) is 11.0 Å². The number of imidazole rings is 1. The minimum Gasteiger partial charge on any atom is -0.497 e. The number of hydrogen-bond donors (Lipinski definition) is 1. The van der Waals surface area contributed by atoms with Crippen LogP contribution < -0.4 is 14.8 Å². The average Bonchev–Trinajstić information content (AvgIpc) is 3.25. The third-order valence-electron chi connectivity index (χ3n) is 5.87. The van der Waals surface area contributed by atoms with Gasteiger partial charge in [0.25, 0.3) is 5.91 Å². The number of rotatable bonds is 11. The summed E-state index contributed by atoms with van der Waals surface area (Å²) in [6.45, 7) is 3.99. The predicted octanol–water partition coefficient (Wildman–Crippen LogP) is 5.40. The van der Waals surface area contributed by atoms with E-state index in [0.29, 0.717) is 18.7 Å². The van der Waals surface area contributed by atoms with Crippen LogP contribution in [0.2, 0.25) is 0 Å². The lowest BCUT2D eigenvalue weighted by Gasteiger charge is -2.11. The van der Waals surface area contributed by atoms with Crippen LogP contribution in [0, 0.1) is 0 Å². The first kappa shape index (κ1) is 23.4. The molecule has 4 aromatic rings. The van der Waals surface area contributed by atoms with E-state index in [0.717, 1.165) is 54.2 Å². The van der Waals surface area contributed by atoms with E-state index in [9.17, 15) is 4.79 Å². The maximum Gasteiger partial charge on any atom is 0.251 e. The molecule has 0 radical (unpaired) electrons. The van der Waals surface area contributed by atoms with E-state index >= 15 is 0 Å². The van der Waals surface area contributed by atoms with Gasteiger partial charge in [-0.3, -0.25) is 4.79 Å². The van der Waals surface area contributed by atoms with Gasteiger partial charge < -0.3 is 19.4 Å². The van der Waals surface area contributed by atoms with Crippen molar-refractivity contribution >= 4 is 16.9 Å². The Morgan fingerprint density at radius 2 is 1.68 bits per heavy atom. The number of aromatic nitrogens is 2. The van der Waals surface area contributed by atoms with Crippen molar-refractivity contribution in [2.45, 2.75) is 39.3 Å². The summed E-state index contributed by atoms with van der Waals surface area (Å²) in [5, 5.41) is 3.00. The summed E-state index contributed by atoms with van der Waals surface area (Å²) in [5.41, 5.74) is 3.91. The van der Waals surface area contributed by atoms with Crippen LogP contribution in [-0.4, -0.2) is 29.2 Å². The van der Waals surface area contributed by atoms with Crippen molar-refractivity contribution < 1.29 is 14.3 Å². The standard InChI is InChI=1S/C28H31N3O3/c1-3-21-10-14-24(15-11-21)34-19-7-6-18-31-26-9-5-4-8-25(26)30-27(31)20-29-28(32)22-12-16-23(33-2)17-13-22/h4-5,8-17H,3,6-7,18-20H2,1-2H3,(H,29,32). The number of carbonyl (C=O) groups is 1. The van der Waals surface area contributed by atoms with Gasteiger partial charge in [-0.05, 0) is 73.4 Å². The van der Waals surface area contributed by atoms with E-state index in [-0.39, 0.29) is 5.91 Å². The maximum absolute atomic E-state index is 12.6. The number of nitrogens with one attached hydrogen (secondary N) is 1. The molecule has 4 rings (SSSR count). The number of amides is 1. The van der Waals surface area contributed by atoms with Crippen molar-refractivity contribution in [3.63, 3.8) is 0 Å². The Hall–Kier alpha value is -3.80. The molecule has 0 atom stereocenters. The number of benzene rings is 3. The number of fused-ring (bicyclic) bond motifs is 1. The van der Waals surface area contributed by atoms with Crippen molar-refractivity contribution in [3.8, 4) is 11.5 Å². The first-order chi connectivity index (χ1) is 16.7. The summed E-state index contributed by atoms with van der Waals surface area (Å²) in [7, 11) is 1.61. The second-order valence-corrected chi connectivity index (χ2v) is 8.13. The van der Waals surface area contributed by atoms with Crippen LogP contribution in [0.15, 0.2) is 72.8 Å². The zero-order valence-corrected chi connectivity index (χ0v) is 19.8. The van der Waals surface area contributed by atoms with E-state index in [2.05, 4.69) is 35.0 Å². The molecule has 6 heteroatoms. The molecule has 0 bridgehead atoms. The lowest BCUT2D eigenvalue weighted by atomic mass is 10.2. The van der Waals surface area contributed by atoms with Gasteiger partial charge in [-0.2, -0.15) is 0 Å². The molecule has 34 heavy (non-hydrogen) atoms. The molecule has 0 aliphatic rings. The minimum atomic E-state index is -0.135. The molecule has 176 valence electrons. The molecule has 0 aliphatic carbocycles. The summed E-state index contributed by atoms with van der Waals surface area (Å²) in [4.78, 5) is 17.4. The number of aryl methyl sites for hydroxylation is 2. The van der Waals surface area contributed by atoms with Gasteiger partial charge in [0.15, 0.2) is 0 Å². The summed E-state index contributed by atoms with van der Waals surface area (Å²) in [5.74, 6) is 2.34. The minimum absolute atomic E-state index is 0.135. The number of unbranched alkanes of at least 4 members (excludes halogenated alkanes) is 1. The number of ether oxygens (including phenoxy) is 2. The quantitative estimate of drug-likeness (QED) is 0.307. The Labute approximate surface area is 200 Å². The van der Waals surface area contributed by atoms with E-state index in [1.165, 1.54) is 5.56 Å². The largest absolute Gasteiger partial charge is 0.497 e. The van der Waals surface area contributed by atoms with Crippen LogP contribution in [0.4, 0.5) is 0 Å². The summed E-state index contributed by atoms with van der Waals surface area (Å²) in [6, 6.07) is 23.4. The number of methoxy groups -OCH3 is 1. The summed E-state index contributed by atoms with van der Waals surface area (Å²) in [6.07, 6.45) is 2.91. The smallest absolute Gasteiger partial charge is 0.251 e. The molecular weight excluding hydrogens is 426 g/mol. The highest BCUT2D eigenvalue weighted by atomic mass is 16.5. The van der Waals surface area contributed by atoms with E-state index in [4.69, 9.17) is 14.5 Å². The Morgan fingerprint density at radius 1 is 0.941 bits per heavy atom. The Morgan fingerprint density at radius 3 is 2.41 bits per heavy atom. The highest BCUT2D eigenvalue weighted by molar-refractivity contribution is 5.94. The highest BCUT2D eigenvalue weighted by Gasteiger charge is 2.12. The number of para-hydroxylation sites is 2. The van der Waals surface area contributed by atoms with Crippen molar-refractivity contribution in [3.05, 3.63) is 89.7 Å². The van der Waals surface area contributed by atoms with E-state index in [1.807, 2.05) is 30.3 Å². The van der Waals surface area contributed by atoms with Crippen LogP contribution in [0.5, 0.6) is 11.5 Å². The molecular formula is C28H31N3O3. The van der Waals surface area contributed by atoms with Gasteiger partial charge in [-0.25, -0.2) is 4.98 Å². The topological polar surface area (TPSA) is 65.4 Å². The highest BCUT2D eigenvalue weighted by Crippen LogP contribution is 2.18. The van der Waals surface area contributed by atoms with Crippen molar-refractivity contribution in [1.82, 2.24) is 14.9 Å². The Balaban J connectivity index is 1.35. The van der Waals surface area contributed by atoms with E-state index in [1.54, 1.807) is 31.4 Å². The summed E-state index contributed by atoms with van der Waals surface area (Å²) >= 11 is 0. The number of hydrogen-bond acceptors (Lipinski definition) is 4. The molecule has 0 saturated heterocycles. The number of carbonyl (C=O) groups excluding carboxylic acids is 1. The molecule has 0 fully saturated rings. The van der Waals surface area contributed by atoms with E-state index < -0.39 is 0 Å². The molecule has 6 nitrogen and oxygen atoms in total. The molecule has 0 aliphatic heterocycles. The molecule has 1 heterocycles. The van der Waals surface area contributed by atoms with Crippen molar-refractivity contribution in [2.24, 2.45) is 0 Å². The normalized spacial score (nSPS) is 10.9. The predicted molar refractivity (Wildman–Crippen MR) is 134 cm³/mol. The SMILES string of the molecule is CCc1ccc(OCCCCn2c(CNC(=O)c3ccc(OC)cc3)nc3ccccc32)cc1. The molecule has 3 aromatic carbocycles. The Kier molecular flexibility index (Phi) is 7.81. The second kappa shape index (κ2) is 11.4. The zero-order valence-electron chi connectivity index (χ0n) is 19.8. The molecule has 0 saturated carbocycles. The second-order valence-electron chi connectivity index (χ2n) is 8.13. The lowest BCUT2D eigenvalue weighted by Crippen LogP contribution is -2.24. The fourth-order valence-corrected chi connectivity index (χ4v) is 3.90. The average molecular weight is 458 g/mol. The third kappa shape index (κ3) is 5.76. The van der Waals surface area contributed by atoms with Gasteiger partial charge >= 0.3 is 0 Å². The first-order valence-electron chi connectivity index (χ1n) is 11.8. The van der Waals surface area contributed by atoms with Gasteiger partial charge in [0.2, 0.25) is 0 Å². The van der Waals surface area contributed by atoms with Crippen molar-refractivity contribution in [1.29, 1.82) is 0 Å². The third-order valence-corrected chi connectivity index (χ3v) is 5.87. The van der Waals surface area contributed by atoms with Gasteiger partial charge in [-0.1, -0.05) is 31.2 Å². The van der Waals surface area contributed by atoms with Crippen LogP contribution in [0.3, 0.4) is 0 Å². The number of nitrogens with zero attached hydrogens (tertiary/aromatic N) is 2. The van der Waals surface area contributed by atoms with Crippen molar-refractivity contribution in [2.75, 3.05) is 13.7 Å².